The molecule has 6 nitrogen and oxygen atoms in total. The lowest BCUT2D eigenvalue weighted by molar-refractivity contribution is -0.138. The number of para-hydroxylation sites is 1. The fourth-order valence-electron chi connectivity index (χ4n) is 2.66. The predicted octanol–water partition coefficient (Wildman–Crippen LogP) is 2.83. The average Bonchev–Trinajstić information content (AvgIpc) is 3.17. The second-order valence-corrected chi connectivity index (χ2v) is 6.47. The van der Waals surface area contributed by atoms with Crippen molar-refractivity contribution in [3.05, 3.63) is 29.8 Å². The third kappa shape index (κ3) is 7.55. The zero-order chi connectivity index (χ0) is 20.4. The molecule has 1 aliphatic heterocycles. The van der Waals surface area contributed by atoms with Gasteiger partial charge in [-0.1, -0.05) is 12.1 Å². The number of hydrogen-bond donors (Lipinski definition) is 2. The molecule has 0 amide bonds. The summed E-state index contributed by atoms with van der Waals surface area (Å²) in [6.07, 6.45) is -3.42. The van der Waals surface area contributed by atoms with Gasteiger partial charge in [-0.2, -0.15) is 13.2 Å². The minimum absolute atomic E-state index is 0.0188. The van der Waals surface area contributed by atoms with Gasteiger partial charge in [0.1, 0.15) is 12.4 Å². The van der Waals surface area contributed by atoms with Crippen molar-refractivity contribution in [3.63, 3.8) is 0 Å². The molecule has 1 saturated heterocycles. The molecule has 1 aromatic carbocycles. The van der Waals surface area contributed by atoms with Gasteiger partial charge in [0.2, 0.25) is 0 Å². The van der Waals surface area contributed by atoms with Crippen LogP contribution in [0, 0.1) is 0 Å². The number of rotatable bonds is 9. The van der Waals surface area contributed by atoms with E-state index in [-0.39, 0.29) is 31.0 Å². The van der Waals surface area contributed by atoms with Crippen molar-refractivity contribution in [3.8, 4) is 5.75 Å². The topological polar surface area (TPSA) is 64.1 Å². The fraction of sp³-hybridized carbons (Fsp3) is 0.632. The molecule has 2 N–H and O–H groups in total. The minimum Gasteiger partial charge on any atom is -0.491 e. The van der Waals surface area contributed by atoms with Crippen molar-refractivity contribution in [2.24, 2.45) is 4.99 Å². The maximum absolute atomic E-state index is 13.0. The zero-order valence-electron chi connectivity index (χ0n) is 16.2. The molecule has 0 saturated carbocycles. The summed E-state index contributed by atoms with van der Waals surface area (Å²) in [5, 5.41) is 6.31. The minimum atomic E-state index is -4.45. The summed E-state index contributed by atoms with van der Waals surface area (Å²) in [7, 11) is 0. The maximum atomic E-state index is 13.0. The molecule has 2 atom stereocenters. The highest BCUT2D eigenvalue weighted by molar-refractivity contribution is 5.80. The van der Waals surface area contributed by atoms with Gasteiger partial charge in [-0.3, -0.25) is 0 Å². The smallest absolute Gasteiger partial charge is 0.419 e. The van der Waals surface area contributed by atoms with Crippen LogP contribution in [0.1, 0.15) is 25.8 Å². The highest BCUT2D eigenvalue weighted by atomic mass is 19.4. The summed E-state index contributed by atoms with van der Waals surface area (Å²) in [6, 6.07) is 5.17. The lowest BCUT2D eigenvalue weighted by Gasteiger charge is -2.19. The van der Waals surface area contributed by atoms with Gasteiger partial charge in [0.15, 0.2) is 5.96 Å². The van der Waals surface area contributed by atoms with Crippen LogP contribution in [0.2, 0.25) is 0 Å². The van der Waals surface area contributed by atoms with Gasteiger partial charge >= 0.3 is 6.18 Å². The predicted molar refractivity (Wildman–Crippen MR) is 101 cm³/mol. The van der Waals surface area contributed by atoms with Crippen LogP contribution in [-0.4, -0.2) is 57.6 Å². The Labute approximate surface area is 163 Å². The fourth-order valence-corrected chi connectivity index (χ4v) is 2.66. The Hall–Kier alpha value is -2.00. The first kappa shape index (κ1) is 22.3. The van der Waals surface area contributed by atoms with Gasteiger partial charge in [0.05, 0.1) is 31.4 Å². The Bertz CT molecular complexity index is 620. The number of alkyl halides is 3. The second kappa shape index (κ2) is 11.1. The van der Waals surface area contributed by atoms with Crippen molar-refractivity contribution in [1.29, 1.82) is 0 Å². The molecule has 2 unspecified atom stereocenters. The van der Waals surface area contributed by atoms with E-state index in [1.165, 1.54) is 18.2 Å². The van der Waals surface area contributed by atoms with Crippen molar-refractivity contribution >= 4 is 5.96 Å². The highest BCUT2D eigenvalue weighted by Crippen LogP contribution is 2.35. The van der Waals surface area contributed by atoms with Crippen LogP contribution < -0.4 is 15.4 Å². The van der Waals surface area contributed by atoms with E-state index in [1.54, 1.807) is 0 Å². The van der Waals surface area contributed by atoms with Gasteiger partial charge in [0.25, 0.3) is 0 Å². The van der Waals surface area contributed by atoms with E-state index in [9.17, 15) is 13.2 Å². The highest BCUT2D eigenvalue weighted by Gasteiger charge is 2.33. The summed E-state index contributed by atoms with van der Waals surface area (Å²) in [4.78, 5) is 4.35. The van der Waals surface area contributed by atoms with E-state index in [1.807, 2.05) is 13.8 Å². The Balaban J connectivity index is 1.80. The number of hydrogen-bond acceptors (Lipinski definition) is 4. The third-order valence-electron chi connectivity index (χ3n) is 4.01. The van der Waals surface area contributed by atoms with Crippen molar-refractivity contribution in [2.45, 2.75) is 38.6 Å². The Morgan fingerprint density at radius 1 is 1.36 bits per heavy atom. The van der Waals surface area contributed by atoms with Crippen LogP contribution in [0.15, 0.2) is 29.3 Å². The van der Waals surface area contributed by atoms with Crippen molar-refractivity contribution < 1.29 is 27.4 Å². The molecule has 1 heterocycles. The molecular formula is C19H28F3N3O3. The molecule has 158 valence electrons. The van der Waals surface area contributed by atoms with Crippen LogP contribution in [0.25, 0.3) is 0 Å². The molecule has 0 aromatic heterocycles. The number of ether oxygens (including phenoxy) is 3. The molecule has 0 radical (unpaired) electrons. The van der Waals surface area contributed by atoms with E-state index >= 15 is 0 Å². The number of nitrogens with zero attached hydrogens (tertiary/aromatic N) is 1. The first-order valence-corrected chi connectivity index (χ1v) is 9.43. The number of halogens is 3. The SMILES string of the molecule is CCNC(=NCCOc1ccccc1C(F)(F)F)NC(C)COC1CCOC1. The van der Waals surface area contributed by atoms with E-state index in [4.69, 9.17) is 14.2 Å². The zero-order valence-corrected chi connectivity index (χ0v) is 16.2. The van der Waals surface area contributed by atoms with Crippen LogP contribution in [0.4, 0.5) is 13.2 Å². The Kier molecular flexibility index (Phi) is 8.85. The lowest BCUT2D eigenvalue weighted by atomic mass is 10.2. The molecule has 0 spiro atoms. The molecule has 1 fully saturated rings. The van der Waals surface area contributed by atoms with Gasteiger partial charge in [-0.25, -0.2) is 4.99 Å². The average molecular weight is 403 g/mol. The van der Waals surface area contributed by atoms with Crippen molar-refractivity contribution in [2.75, 3.05) is 39.5 Å². The molecular weight excluding hydrogens is 375 g/mol. The Morgan fingerprint density at radius 3 is 2.82 bits per heavy atom. The molecule has 2 rings (SSSR count). The van der Waals surface area contributed by atoms with Crippen LogP contribution in [0.3, 0.4) is 0 Å². The second-order valence-electron chi connectivity index (χ2n) is 6.47. The van der Waals surface area contributed by atoms with E-state index in [0.29, 0.717) is 25.7 Å². The summed E-state index contributed by atoms with van der Waals surface area (Å²) in [6.45, 7) is 6.68. The van der Waals surface area contributed by atoms with Crippen LogP contribution >= 0.6 is 0 Å². The normalized spacial score (nSPS) is 18.8. The molecule has 1 aromatic rings. The first-order chi connectivity index (χ1) is 13.4. The molecule has 9 heteroatoms. The number of nitrogens with one attached hydrogen (secondary N) is 2. The standard InChI is InChI=1S/C19H28F3N3O3/c1-3-23-18(25-14(2)12-28-15-8-10-26-13-15)24-9-11-27-17-7-5-4-6-16(17)19(20,21)22/h4-7,14-15H,3,8-13H2,1-2H3,(H2,23,24,25). The summed E-state index contributed by atoms with van der Waals surface area (Å²) in [5.74, 6) is 0.373. The number of aliphatic imine (C=N–C) groups is 1. The van der Waals surface area contributed by atoms with Gasteiger partial charge in [-0.15, -0.1) is 0 Å². The van der Waals surface area contributed by atoms with Gasteiger partial charge in [-0.05, 0) is 32.4 Å². The molecule has 0 bridgehead atoms. The summed E-state index contributed by atoms with van der Waals surface area (Å²) < 4.78 is 55.2. The van der Waals surface area contributed by atoms with Crippen LogP contribution in [-0.2, 0) is 15.7 Å². The van der Waals surface area contributed by atoms with Crippen LogP contribution in [0.5, 0.6) is 5.75 Å². The molecule has 28 heavy (non-hydrogen) atoms. The Morgan fingerprint density at radius 2 is 2.14 bits per heavy atom. The lowest BCUT2D eigenvalue weighted by Crippen LogP contribution is -2.44. The van der Waals surface area contributed by atoms with E-state index in [2.05, 4.69) is 15.6 Å². The number of guanidine groups is 1. The van der Waals surface area contributed by atoms with E-state index in [0.717, 1.165) is 19.1 Å². The monoisotopic (exact) mass is 403 g/mol. The third-order valence-corrected chi connectivity index (χ3v) is 4.01. The van der Waals surface area contributed by atoms with Gasteiger partial charge in [0, 0.05) is 19.2 Å². The maximum Gasteiger partial charge on any atom is 0.419 e. The van der Waals surface area contributed by atoms with Gasteiger partial charge < -0.3 is 24.8 Å². The quantitative estimate of drug-likeness (QED) is 0.377. The van der Waals surface area contributed by atoms with E-state index < -0.39 is 11.7 Å². The van der Waals surface area contributed by atoms with Crippen molar-refractivity contribution in [1.82, 2.24) is 10.6 Å². The molecule has 0 aliphatic carbocycles. The number of benzene rings is 1. The molecule has 1 aliphatic rings. The largest absolute Gasteiger partial charge is 0.491 e. The summed E-state index contributed by atoms with van der Waals surface area (Å²) >= 11 is 0. The first-order valence-electron chi connectivity index (χ1n) is 9.43. The summed E-state index contributed by atoms with van der Waals surface area (Å²) in [5.41, 5.74) is -0.786.